The van der Waals surface area contributed by atoms with Gasteiger partial charge in [0.25, 0.3) is 0 Å². The van der Waals surface area contributed by atoms with Crippen LogP contribution in [0.25, 0.3) is 0 Å². The molecule has 0 saturated carbocycles. The van der Waals surface area contributed by atoms with Gasteiger partial charge in [-0.3, -0.25) is 9.09 Å². The average molecular weight is 160 g/mol. The predicted octanol–water partition coefficient (Wildman–Crippen LogP) is 1.25. The Morgan fingerprint density at radius 1 is 1.90 bits per heavy atom. The molecule has 1 aliphatic heterocycles. The van der Waals surface area contributed by atoms with E-state index in [0.29, 0.717) is 12.6 Å². The molecule has 0 aromatic heterocycles. The highest BCUT2D eigenvalue weighted by atomic mass is 31.2. The SMILES string of the molecule is C#CC1CCP(=O)(OC)O1. The quantitative estimate of drug-likeness (QED) is 0.427. The minimum absolute atomic E-state index is 0.314. The van der Waals surface area contributed by atoms with Gasteiger partial charge in [0, 0.05) is 7.11 Å². The molecule has 4 heteroatoms. The van der Waals surface area contributed by atoms with Crippen molar-refractivity contribution in [3.63, 3.8) is 0 Å². The number of rotatable bonds is 1. The summed E-state index contributed by atoms with van der Waals surface area (Å²) in [5.41, 5.74) is 0. The molecule has 0 bridgehead atoms. The van der Waals surface area contributed by atoms with E-state index < -0.39 is 7.60 Å². The number of hydrogen-bond donors (Lipinski definition) is 0. The minimum Gasteiger partial charge on any atom is -0.312 e. The van der Waals surface area contributed by atoms with Gasteiger partial charge >= 0.3 is 7.60 Å². The van der Waals surface area contributed by atoms with Crippen LogP contribution in [0.5, 0.6) is 0 Å². The van der Waals surface area contributed by atoms with E-state index in [9.17, 15) is 4.57 Å². The molecular weight excluding hydrogens is 151 g/mol. The Morgan fingerprint density at radius 2 is 2.60 bits per heavy atom. The van der Waals surface area contributed by atoms with Gasteiger partial charge in [0.05, 0.1) is 6.16 Å². The highest BCUT2D eigenvalue weighted by molar-refractivity contribution is 7.54. The Labute approximate surface area is 60.2 Å². The van der Waals surface area contributed by atoms with Crippen LogP contribution in [0.1, 0.15) is 6.42 Å². The van der Waals surface area contributed by atoms with Crippen molar-refractivity contribution in [3.05, 3.63) is 0 Å². The van der Waals surface area contributed by atoms with Crippen molar-refractivity contribution in [1.82, 2.24) is 0 Å². The summed E-state index contributed by atoms with van der Waals surface area (Å²) in [5, 5.41) is 0. The summed E-state index contributed by atoms with van der Waals surface area (Å²) < 4.78 is 20.8. The first-order valence-electron chi connectivity index (χ1n) is 2.99. The molecule has 1 saturated heterocycles. The van der Waals surface area contributed by atoms with Crippen molar-refractivity contribution in [3.8, 4) is 12.3 Å². The van der Waals surface area contributed by atoms with Crippen LogP contribution in [0.2, 0.25) is 0 Å². The molecule has 1 aliphatic rings. The van der Waals surface area contributed by atoms with Crippen LogP contribution < -0.4 is 0 Å². The van der Waals surface area contributed by atoms with Gasteiger partial charge in [-0.15, -0.1) is 6.42 Å². The van der Waals surface area contributed by atoms with E-state index >= 15 is 0 Å². The lowest BCUT2D eigenvalue weighted by molar-refractivity contribution is 0.231. The molecule has 1 rings (SSSR count). The molecule has 0 spiro atoms. The molecule has 0 radical (unpaired) electrons. The van der Waals surface area contributed by atoms with Gasteiger partial charge in [-0.1, -0.05) is 5.92 Å². The molecule has 1 heterocycles. The van der Waals surface area contributed by atoms with Crippen molar-refractivity contribution in [2.24, 2.45) is 0 Å². The second kappa shape index (κ2) is 2.75. The fourth-order valence-electron chi connectivity index (χ4n) is 0.823. The summed E-state index contributed by atoms with van der Waals surface area (Å²) in [6, 6.07) is 0. The normalized spacial score (nSPS) is 39.4. The summed E-state index contributed by atoms with van der Waals surface area (Å²) in [7, 11) is -1.39. The second-order valence-corrected chi connectivity index (χ2v) is 4.31. The molecule has 0 aliphatic carbocycles. The van der Waals surface area contributed by atoms with Gasteiger partial charge in [0.2, 0.25) is 0 Å². The molecule has 56 valence electrons. The summed E-state index contributed by atoms with van der Waals surface area (Å²) in [6.45, 7) is 0. The molecule has 0 N–H and O–H groups in total. The lowest BCUT2D eigenvalue weighted by atomic mass is 10.3. The Bertz CT molecular complexity index is 206. The summed E-state index contributed by atoms with van der Waals surface area (Å²) in [5.74, 6) is 2.38. The zero-order chi connectivity index (χ0) is 7.61. The van der Waals surface area contributed by atoms with Crippen molar-refractivity contribution >= 4 is 7.60 Å². The third-order valence-corrected chi connectivity index (χ3v) is 3.36. The van der Waals surface area contributed by atoms with Crippen LogP contribution in [0.15, 0.2) is 0 Å². The Kier molecular flexibility index (Phi) is 2.15. The lowest BCUT2D eigenvalue weighted by Crippen LogP contribution is -1.97. The fraction of sp³-hybridized carbons (Fsp3) is 0.667. The van der Waals surface area contributed by atoms with Crippen LogP contribution in [0.4, 0.5) is 0 Å². The van der Waals surface area contributed by atoms with Gasteiger partial charge in [0.1, 0.15) is 6.10 Å². The fourth-order valence-corrected chi connectivity index (χ4v) is 2.30. The first-order chi connectivity index (χ1) is 4.70. The molecule has 0 amide bonds. The highest BCUT2D eigenvalue weighted by Crippen LogP contribution is 2.54. The van der Waals surface area contributed by atoms with Crippen LogP contribution in [0, 0.1) is 12.3 Å². The summed E-state index contributed by atoms with van der Waals surface area (Å²) in [4.78, 5) is 0. The molecule has 3 nitrogen and oxygen atoms in total. The molecule has 2 atom stereocenters. The minimum atomic E-state index is -2.77. The van der Waals surface area contributed by atoms with Gasteiger partial charge in [-0.25, -0.2) is 0 Å². The van der Waals surface area contributed by atoms with Crippen molar-refractivity contribution < 1.29 is 13.6 Å². The average Bonchev–Trinajstić information content (AvgIpc) is 2.33. The van der Waals surface area contributed by atoms with Crippen LogP contribution >= 0.6 is 7.60 Å². The van der Waals surface area contributed by atoms with E-state index in [1.807, 2.05) is 0 Å². The smallest absolute Gasteiger partial charge is 0.312 e. The Morgan fingerprint density at radius 3 is 2.90 bits per heavy atom. The van der Waals surface area contributed by atoms with Gasteiger partial charge in [-0.2, -0.15) is 0 Å². The maximum atomic E-state index is 11.2. The topological polar surface area (TPSA) is 35.5 Å². The van der Waals surface area contributed by atoms with Gasteiger partial charge in [0.15, 0.2) is 0 Å². The molecule has 1 fully saturated rings. The largest absolute Gasteiger partial charge is 0.331 e. The molecule has 10 heavy (non-hydrogen) atoms. The van der Waals surface area contributed by atoms with Crippen molar-refractivity contribution in [2.45, 2.75) is 12.5 Å². The number of hydrogen-bond acceptors (Lipinski definition) is 3. The highest BCUT2D eigenvalue weighted by Gasteiger charge is 2.34. The standard InChI is InChI=1S/C6H9O3P/c1-3-6-4-5-10(7,8-2)9-6/h1,6H,4-5H2,2H3. The first-order valence-corrected chi connectivity index (χ1v) is 4.72. The maximum absolute atomic E-state index is 11.2. The lowest BCUT2D eigenvalue weighted by Gasteiger charge is -2.06. The third kappa shape index (κ3) is 1.41. The molecule has 0 aromatic carbocycles. The van der Waals surface area contributed by atoms with E-state index in [1.165, 1.54) is 7.11 Å². The molecule has 0 aromatic rings. The van der Waals surface area contributed by atoms with Crippen molar-refractivity contribution in [1.29, 1.82) is 0 Å². The van der Waals surface area contributed by atoms with Crippen LogP contribution in [-0.2, 0) is 13.6 Å². The molecule has 2 unspecified atom stereocenters. The zero-order valence-corrected chi connectivity index (χ0v) is 6.64. The van der Waals surface area contributed by atoms with E-state index in [-0.39, 0.29) is 6.10 Å². The maximum Gasteiger partial charge on any atom is 0.331 e. The van der Waals surface area contributed by atoms with E-state index in [0.717, 1.165) is 0 Å². The van der Waals surface area contributed by atoms with Gasteiger partial charge in [-0.05, 0) is 6.42 Å². The van der Waals surface area contributed by atoms with Crippen LogP contribution in [0.3, 0.4) is 0 Å². The monoisotopic (exact) mass is 160 g/mol. The zero-order valence-electron chi connectivity index (χ0n) is 5.74. The summed E-state index contributed by atoms with van der Waals surface area (Å²) in [6.07, 6.45) is 5.83. The first kappa shape index (κ1) is 7.81. The third-order valence-electron chi connectivity index (χ3n) is 1.42. The van der Waals surface area contributed by atoms with Gasteiger partial charge < -0.3 is 4.52 Å². The molecular formula is C6H9O3P. The summed E-state index contributed by atoms with van der Waals surface area (Å²) >= 11 is 0. The van der Waals surface area contributed by atoms with E-state index in [2.05, 4.69) is 10.4 Å². The Hall–Kier alpha value is -0.290. The van der Waals surface area contributed by atoms with Crippen LogP contribution in [-0.4, -0.2) is 19.4 Å². The second-order valence-electron chi connectivity index (χ2n) is 2.07. The van der Waals surface area contributed by atoms with E-state index in [4.69, 9.17) is 10.9 Å². The number of terminal acetylenes is 1. The van der Waals surface area contributed by atoms with Crippen molar-refractivity contribution in [2.75, 3.05) is 13.3 Å². The predicted molar refractivity (Wildman–Crippen MR) is 37.8 cm³/mol. The Balaban J connectivity index is 2.60. The van der Waals surface area contributed by atoms with E-state index in [1.54, 1.807) is 0 Å².